The summed E-state index contributed by atoms with van der Waals surface area (Å²) in [6.07, 6.45) is 3.82. The van der Waals surface area contributed by atoms with E-state index in [0.717, 1.165) is 29.7 Å². The Labute approximate surface area is 110 Å². The molecule has 2 nitrogen and oxygen atoms in total. The highest BCUT2D eigenvalue weighted by molar-refractivity contribution is 9.10. The van der Waals surface area contributed by atoms with Crippen molar-refractivity contribution in [1.82, 2.24) is 4.90 Å². The van der Waals surface area contributed by atoms with Gasteiger partial charge in [-0.2, -0.15) is 0 Å². The van der Waals surface area contributed by atoms with Crippen LogP contribution in [0.25, 0.3) is 0 Å². The summed E-state index contributed by atoms with van der Waals surface area (Å²) < 4.78 is 13.7. The van der Waals surface area contributed by atoms with Crippen molar-refractivity contribution in [3.63, 3.8) is 0 Å². The Morgan fingerprint density at radius 1 is 1.29 bits per heavy atom. The van der Waals surface area contributed by atoms with E-state index in [9.17, 15) is 4.39 Å². The molecule has 0 bridgehead atoms. The topological polar surface area (TPSA) is 15.3 Å². The van der Waals surface area contributed by atoms with Crippen LogP contribution in [0.5, 0.6) is 0 Å². The molecule has 0 unspecified atom stereocenters. The zero-order chi connectivity index (χ0) is 12.1. The first-order valence-corrected chi connectivity index (χ1v) is 6.96. The van der Waals surface area contributed by atoms with Crippen molar-refractivity contribution < 1.29 is 4.39 Å². The van der Waals surface area contributed by atoms with E-state index in [0.29, 0.717) is 0 Å². The molecule has 1 aliphatic rings. The van der Waals surface area contributed by atoms with Crippen molar-refractivity contribution in [1.29, 1.82) is 0 Å². The van der Waals surface area contributed by atoms with Crippen LogP contribution < -0.4 is 5.32 Å². The van der Waals surface area contributed by atoms with E-state index < -0.39 is 0 Å². The lowest BCUT2D eigenvalue weighted by atomic mass is 10.3. The van der Waals surface area contributed by atoms with E-state index in [2.05, 4.69) is 26.1 Å². The van der Waals surface area contributed by atoms with Crippen molar-refractivity contribution in [2.24, 2.45) is 0 Å². The van der Waals surface area contributed by atoms with E-state index in [4.69, 9.17) is 0 Å². The average Bonchev–Trinajstić information content (AvgIpc) is 2.79. The first-order valence-electron chi connectivity index (χ1n) is 6.17. The third-order valence-electron chi connectivity index (χ3n) is 3.10. The molecule has 0 radical (unpaired) electrons. The lowest BCUT2D eigenvalue weighted by Gasteiger charge is -2.15. The monoisotopic (exact) mass is 300 g/mol. The summed E-state index contributed by atoms with van der Waals surface area (Å²) in [5, 5.41) is 3.32. The highest BCUT2D eigenvalue weighted by Crippen LogP contribution is 2.22. The number of rotatable bonds is 5. The lowest BCUT2D eigenvalue weighted by Crippen LogP contribution is -2.22. The summed E-state index contributed by atoms with van der Waals surface area (Å²) in [5.41, 5.74) is 0.966. The van der Waals surface area contributed by atoms with Gasteiger partial charge in [-0.1, -0.05) is 0 Å². The largest absolute Gasteiger partial charge is 0.384 e. The SMILES string of the molecule is Fc1ccc(NCCCN2CCCC2)c(Br)c1. The van der Waals surface area contributed by atoms with E-state index >= 15 is 0 Å². The molecule has 0 spiro atoms. The number of hydrogen-bond acceptors (Lipinski definition) is 2. The molecule has 0 aromatic heterocycles. The van der Waals surface area contributed by atoms with Gasteiger partial charge in [0.05, 0.1) is 0 Å². The van der Waals surface area contributed by atoms with Gasteiger partial charge in [-0.05, 0) is 73.0 Å². The van der Waals surface area contributed by atoms with Crippen molar-refractivity contribution in [3.05, 3.63) is 28.5 Å². The quantitative estimate of drug-likeness (QED) is 0.838. The zero-order valence-corrected chi connectivity index (χ0v) is 11.5. The molecular formula is C13H18BrFN2. The molecule has 1 aromatic carbocycles. The normalized spacial score (nSPS) is 16.4. The second-order valence-electron chi connectivity index (χ2n) is 4.45. The van der Waals surface area contributed by atoms with Crippen LogP contribution in [-0.4, -0.2) is 31.1 Å². The standard InChI is InChI=1S/C13H18BrFN2/c14-12-10-11(15)4-5-13(12)16-6-3-9-17-7-1-2-8-17/h4-5,10,16H,1-3,6-9H2. The second-order valence-corrected chi connectivity index (χ2v) is 5.31. The number of halogens is 2. The van der Waals surface area contributed by atoms with E-state index in [1.165, 1.54) is 38.1 Å². The van der Waals surface area contributed by atoms with Gasteiger partial charge in [0.25, 0.3) is 0 Å². The molecule has 17 heavy (non-hydrogen) atoms. The van der Waals surface area contributed by atoms with Gasteiger partial charge >= 0.3 is 0 Å². The molecule has 0 saturated carbocycles. The van der Waals surface area contributed by atoms with E-state index in [1.54, 1.807) is 6.07 Å². The number of nitrogens with zero attached hydrogens (tertiary/aromatic N) is 1. The van der Waals surface area contributed by atoms with E-state index in [-0.39, 0.29) is 5.82 Å². The summed E-state index contributed by atoms with van der Waals surface area (Å²) in [6.45, 7) is 4.59. The van der Waals surface area contributed by atoms with Crippen molar-refractivity contribution in [2.75, 3.05) is 31.5 Å². The van der Waals surface area contributed by atoms with Crippen LogP contribution in [0.1, 0.15) is 19.3 Å². The molecule has 2 rings (SSSR count). The van der Waals surface area contributed by atoms with Gasteiger partial charge < -0.3 is 10.2 Å². The second kappa shape index (κ2) is 6.36. The first-order chi connectivity index (χ1) is 8.25. The Balaban J connectivity index is 1.70. The minimum absolute atomic E-state index is 0.209. The maximum Gasteiger partial charge on any atom is 0.124 e. The maximum absolute atomic E-state index is 12.9. The Bertz CT molecular complexity index is 364. The molecule has 0 amide bonds. The van der Waals surface area contributed by atoms with Crippen LogP contribution in [0.3, 0.4) is 0 Å². The van der Waals surface area contributed by atoms with Gasteiger partial charge in [0.2, 0.25) is 0 Å². The molecule has 1 saturated heterocycles. The van der Waals surface area contributed by atoms with Gasteiger partial charge in [-0.15, -0.1) is 0 Å². The van der Waals surface area contributed by atoms with Crippen LogP contribution in [0.15, 0.2) is 22.7 Å². The molecule has 4 heteroatoms. The van der Waals surface area contributed by atoms with Crippen molar-refractivity contribution in [2.45, 2.75) is 19.3 Å². The molecule has 1 heterocycles. The highest BCUT2D eigenvalue weighted by Gasteiger charge is 2.10. The predicted octanol–water partition coefficient (Wildman–Crippen LogP) is 3.49. The Kier molecular flexibility index (Phi) is 4.80. The molecule has 94 valence electrons. The zero-order valence-electron chi connectivity index (χ0n) is 9.88. The van der Waals surface area contributed by atoms with Crippen molar-refractivity contribution >= 4 is 21.6 Å². The number of benzene rings is 1. The van der Waals surface area contributed by atoms with Crippen LogP contribution in [0, 0.1) is 5.82 Å². The minimum atomic E-state index is -0.209. The number of anilines is 1. The fourth-order valence-electron chi connectivity index (χ4n) is 2.16. The third kappa shape index (κ3) is 3.96. The minimum Gasteiger partial charge on any atom is -0.384 e. The van der Waals surface area contributed by atoms with Gasteiger partial charge in [-0.25, -0.2) is 4.39 Å². The fourth-order valence-corrected chi connectivity index (χ4v) is 2.66. The maximum atomic E-state index is 12.9. The predicted molar refractivity (Wildman–Crippen MR) is 72.9 cm³/mol. The number of hydrogen-bond donors (Lipinski definition) is 1. The number of nitrogens with one attached hydrogen (secondary N) is 1. The molecule has 0 aliphatic carbocycles. The summed E-state index contributed by atoms with van der Waals surface area (Å²) in [5.74, 6) is -0.209. The first kappa shape index (κ1) is 12.8. The lowest BCUT2D eigenvalue weighted by molar-refractivity contribution is 0.337. The molecule has 1 aromatic rings. The van der Waals surface area contributed by atoms with Gasteiger partial charge in [0.1, 0.15) is 5.82 Å². The number of likely N-dealkylation sites (tertiary alicyclic amines) is 1. The molecule has 1 aliphatic heterocycles. The third-order valence-corrected chi connectivity index (χ3v) is 3.75. The smallest absolute Gasteiger partial charge is 0.124 e. The molecule has 1 N–H and O–H groups in total. The summed E-state index contributed by atoms with van der Waals surface area (Å²) in [4.78, 5) is 2.50. The summed E-state index contributed by atoms with van der Waals surface area (Å²) in [6, 6.07) is 4.74. The van der Waals surface area contributed by atoms with E-state index in [1.807, 2.05) is 0 Å². The highest BCUT2D eigenvalue weighted by atomic mass is 79.9. The average molecular weight is 301 g/mol. The van der Waals surface area contributed by atoms with Crippen LogP contribution in [-0.2, 0) is 0 Å². The molecular weight excluding hydrogens is 283 g/mol. The van der Waals surface area contributed by atoms with Crippen LogP contribution in [0.2, 0.25) is 0 Å². The summed E-state index contributed by atoms with van der Waals surface area (Å²) in [7, 11) is 0. The van der Waals surface area contributed by atoms with Gasteiger partial charge in [0.15, 0.2) is 0 Å². The Morgan fingerprint density at radius 2 is 2.06 bits per heavy atom. The van der Waals surface area contributed by atoms with Gasteiger partial charge in [0, 0.05) is 16.7 Å². The van der Waals surface area contributed by atoms with Crippen molar-refractivity contribution in [3.8, 4) is 0 Å². The Morgan fingerprint density at radius 3 is 2.76 bits per heavy atom. The Hall–Kier alpha value is -0.610. The van der Waals surface area contributed by atoms with Crippen LogP contribution >= 0.6 is 15.9 Å². The summed E-state index contributed by atoms with van der Waals surface area (Å²) >= 11 is 3.35. The van der Waals surface area contributed by atoms with Gasteiger partial charge in [-0.3, -0.25) is 0 Å². The van der Waals surface area contributed by atoms with Crippen LogP contribution in [0.4, 0.5) is 10.1 Å². The molecule has 1 fully saturated rings. The molecule has 0 atom stereocenters. The fraction of sp³-hybridized carbons (Fsp3) is 0.538.